The molecule has 114 valence electrons. The van der Waals surface area contributed by atoms with Gasteiger partial charge in [-0.05, 0) is 33.1 Å². The normalized spacial score (nSPS) is 13.9. The van der Waals surface area contributed by atoms with E-state index in [0.29, 0.717) is 0 Å². The molecule has 0 bridgehead atoms. The van der Waals surface area contributed by atoms with Crippen molar-refractivity contribution in [2.45, 2.75) is 66.7 Å². The quantitative estimate of drug-likeness (QED) is 0.922. The molecule has 20 heavy (non-hydrogen) atoms. The highest BCUT2D eigenvalue weighted by atomic mass is 16.6. The van der Waals surface area contributed by atoms with Gasteiger partial charge in [0.2, 0.25) is 0 Å². The van der Waals surface area contributed by atoms with E-state index in [1.165, 1.54) is 0 Å². The Kier molecular flexibility index (Phi) is 4.84. The maximum Gasteiger partial charge on any atom is 0.408 e. The van der Waals surface area contributed by atoms with Gasteiger partial charge >= 0.3 is 6.09 Å². The number of aromatic nitrogens is 2. The van der Waals surface area contributed by atoms with Crippen LogP contribution in [0, 0.1) is 5.41 Å². The Morgan fingerprint density at radius 1 is 1.35 bits per heavy atom. The third-order valence-corrected chi connectivity index (χ3v) is 2.57. The van der Waals surface area contributed by atoms with Crippen molar-refractivity contribution < 1.29 is 9.53 Å². The average Bonchev–Trinajstić information content (AvgIpc) is 2.59. The van der Waals surface area contributed by atoms with Gasteiger partial charge in [0.05, 0.1) is 24.3 Å². The van der Waals surface area contributed by atoms with E-state index in [-0.39, 0.29) is 11.5 Å². The molecule has 0 saturated carbocycles. The molecule has 0 saturated heterocycles. The highest BCUT2D eigenvalue weighted by molar-refractivity contribution is 5.68. The van der Waals surface area contributed by atoms with Crippen LogP contribution < -0.4 is 5.32 Å². The molecule has 0 unspecified atom stereocenters. The molecule has 1 aromatic rings. The van der Waals surface area contributed by atoms with Crippen molar-refractivity contribution in [1.29, 1.82) is 0 Å². The first-order valence-electron chi connectivity index (χ1n) is 6.97. The van der Waals surface area contributed by atoms with Crippen molar-refractivity contribution in [2.75, 3.05) is 0 Å². The van der Waals surface area contributed by atoms with E-state index in [1.807, 2.05) is 27.7 Å². The lowest BCUT2D eigenvalue weighted by atomic mass is 9.96. The van der Waals surface area contributed by atoms with Gasteiger partial charge in [-0.3, -0.25) is 0 Å². The smallest absolute Gasteiger partial charge is 0.408 e. The first-order chi connectivity index (χ1) is 8.98. The number of hydrogen-bond donors (Lipinski definition) is 1. The molecule has 0 spiro atoms. The van der Waals surface area contributed by atoms with Gasteiger partial charge in [0.1, 0.15) is 5.60 Å². The third kappa shape index (κ3) is 5.63. The van der Waals surface area contributed by atoms with Crippen LogP contribution >= 0.6 is 0 Å². The number of ether oxygens (including phenoxy) is 1. The van der Waals surface area contributed by atoms with E-state index in [0.717, 1.165) is 12.2 Å². The Morgan fingerprint density at radius 3 is 2.45 bits per heavy atom. The predicted octanol–water partition coefficient (Wildman–Crippen LogP) is 3.51. The number of alkyl carbamates (subject to hydrolysis) is 1. The van der Waals surface area contributed by atoms with Crippen LogP contribution in [0.25, 0.3) is 0 Å². The number of rotatable bonds is 3. The van der Waals surface area contributed by atoms with Crippen LogP contribution in [-0.4, -0.2) is 21.2 Å². The van der Waals surface area contributed by atoms with Crippen molar-refractivity contribution in [3.8, 4) is 0 Å². The number of amides is 1. The monoisotopic (exact) mass is 281 g/mol. The van der Waals surface area contributed by atoms with Crippen molar-refractivity contribution in [1.82, 2.24) is 14.9 Å². The second kappa shape index (κ2) is 5.85. The third-order valence-electron chi connectivity index (χ3n) is 2.57. The second-order valence-corrected chi connectivity index (χ2v) is 7.37. The minimum absolute atomic E-state index is 0.144. The molecule has 1 atom stereocenters. The van der Waals surface area contributed by atoms with Crippen LogP contribution in [0.3, 0.4) is 0 Å². The molecule has 1 aromatic heterocycles. The van der Waals surface area contributed by atoms with Gasteiger partial charge in [0.15, 0.2) is 0 Å². The van der Waals surface area contributed by atoms with Crippen LogP contribution in [0.5, 0.6) is 0 Å². The average molecular weight is 281 g/mol. The highest BCUT2D eigenvalue weighted by Crippen LogP contribution is 2.20. The van der Waals surface area contributed by atoms with Gasteiger partial charge in [-0.2, -0.15) is 0 Å². The zero-order chi connectivity index (χ0) is 15.6. The molecule has 0 aliphatic rings. The van der Waals surface area contributed by atoms with Crippen LogP contribution in [0.2, 0.25) is 0 Å². The molecule has 1 rings (SSSR count). The number of carbonyl (C=O) groups is 1. The number of nitrogens with one attached hydrogen (secondary N) is 1. The van der Waals surface area contributed by atoms with Crippen LogP contribution in [0.4, 0.5) is 4.79 Å². The fraction of sp³-hybridized carbons (Fsp3) is 0.733. The summed E-state index contributed by atoms with van der Waals surface area (Å²) in [7, 11) is 0. The van der Waals surface area contributed by atoms with E-state index < -0.39 is 11.7 Å². The Labute approximate surface area is 121 Å². The highest BCUT2D eigenvalue weighted by Gasteiger charge is 2.21. The summed E-state index contributed by atoms with van der Waals surface area (Å²) in [5, 5.41) is 2.84. The van der Waals surface area contributed by atoms with Gasteiger partial charge in [-0.15, -0.1) is 0 Å². The Morgan fingerprint density at radius 2 is 1.95 bits per heavy atom. The van der Waals surface area contributed by atoms with E-state index in [1.54, 1.807) is 12.5 Å². The van der Waals surface area contributed by atoms with Gasteiger partial charge in [0.25, 0.3) is 0 Å². The molecule has 5 heteroatoms. The molecule has 0 aliphatic heterocycles. The first kappa shape index (κ1) is 16.5. The Bertz CT molecular complexity index is 452. The Balaban J connectivity index is 2.71. The first-order valence-corrected chi connectivity index (χ1v) is 6.97. The molecular formula is C15H27N3O2. The molecule has 1 N–H and O–H groups in total. The Hall–Kier alpha value is -1.52. The number of nitrogens with zero attached hydrogens (tertiary/aromatic N) is 2. The summed E-state index contributed by atoms with van der Waals surface area (Å²) in [6.07, 6.45) is 3.18. The lowest BCUT2D eigenvalue weighted by Crippen LogP contribution is -2.35. The topological polar surface area (TPSA) is 56.1 Å². The maximum atomic E-state index is 11.8. The molecule has 5 nitrogen and oxygen atoms in total. The molecule has 1 amide bonds. The van der Waals surface area contributed by atoms with Gasteiger partial charge in [-0.25, -0.2) is 9.78 Å². The second-order valence-electron chi connectivity index (χ2n) is 7.37. The number of imidazole rings is 1. The fourth-order valence-electron chi connectivity index (χ4n) is 1.89. The molecule has 0 fully saturated rings. The van der Waals surface area contributed by atoms with Crippen molar-refractivity contribution in [2.24, 2.45) is 5.41 Å². The summed E-state index contributed by atoms with van der Waals surface area (Å²) in [5.74, 6) is 0. The molecule has 0 radical (unpaired) electrons. The van der Waals surface area contributed by atoms with Crippen molar-refractivity contribution >= 4 is 6.09 Å². The summed E-state index contributed by atoms with van der Waals surface area (Å²) < 4.78 is 7.34. The van der Waals surface area contributed by atoms with Gasteiger partial charge in [-0.1, -0.05) is 20.8 Å². The number of hydrogen-bond acceptors (Lipinski definition) is 3. The molecule has 1 heterocycles. The number of carbonyl (C=O) groups excluding carboxylic acids is 1. The standard InChI is InChI=1S/C15H27N3O2/c1-11(17-13(19)20-15(5,6)7)12-8-16-10-18(12)9-14(2,3)4/h8,10-11H,9H2,1-7H3,(H,17,19)/t11-/m0/s1. The largest absolute Gasteiger partial charge is 0.444 e. The minimum Gasteiger partial charge on any atom is -0.444 e. The summed E-state index contributed by atoms with van der Waals surface area (Å²) >= 11 is 0. The van der Waals surface area contributed by atoms with E-state index in [9.17, 15) is 4.79 Å². The zero-order valence-electron chi connectivity index (χ0n) is 13.7. The van der Waals surface area contributed by atoms with E-state index in [2.05, 4.69) is 35.6 Å². The summed E-state index contributed by atoms with van der Waals surface area (Å²) in [6.45, 7) is 14.8. The molecule has 0 aliphatic carbocycles. The van der Waals surface area contributed by atoms with Crippen molar-refractivity contribution in [3.05, 3.63) is 18.2 Å². The molecular weight excluding hydrogens is 254 g/mol. The lowest BCUT2D eigenvalue weighted by Gasteiger charge is -2.24. The predicted molar refractivity (Wildman–Crippen MR) is 79.5 cm³/mol. The van der Waals surface area contributed by atoms with Gasteiger partial charge in [0, 0.05) is 6.54 Å². The SMILES string of the molecule is C[C@H](NC(=O)OC(C)(C)C)c1cncn1CC(C)(C)C. The minimum atomic E-state index is -0.491. The zero-order valence-corrected chi connectivity index (χ0v) is 13.7. The fourth-order valence-corrected chi connectivity index (χ4v) is 1.89. The van der Waals surface area contributed by atoms with Crippen LogP contribution in [0.15, 0.2) is 12.5 Å². The van der Waals surface area contributed by atoms with Crippen LogP contribution in [-0.2, 0) is 11.3 Å². The van der Waals surface area contributed by atoms with Crippen molar-refractivity contribution in [3.63, 3.8) is 0 Å². The van der Waals surface area contributed by atoms with E-state index >= 15 is 0 Å². The maximum absolute atomic E-state index is 11.8. The summed E-state index contributed by atoms with van der Waals surface area (Å²) in [5.41, 5.74) is 0.641. The summed E-state index contributed by atoms with van der Waals surface area (Å²) in [4.78, 5) is 16.0. The van der Waals surface area contributed by atoms with Gasteiger partial charge < -0.3 is 14.6 Å². The van der Waals surface area contributed by atoms with E-state index in [4.69, 9.17) is 4.74 Å². The lowest BCUT2D eigenvalue weighted by molar-refractivity contribution is 0.0506. The van der Waals surface area contributed by atoms with Crippen LogP contribution in [0.1, 0.15) is 60.2 Å². The summed E-state index contributed by atoms with van der Waals surface area (Å²) in [6, 6.07) is -0.144. The molecule has 0 aromatic carbocycles.